The van der Waals surface area contributed by atoms with Crippen molar-refractivity contribution in [3.05, 3.63) is 42.5 Å². The highest BCUT2D eigenvalue weighted by Gasteiger charge is 2.35. The zero-order valence-corrected chi connectivity index (χ0v) is 17.9. The standard InChI is InChI=1S/C20H19N3O5S2/c1-28-14-5-3-4-13(9-14)23-11-12(8-18(23)24)19(25)22-20-21-16-7-6-15(30(2,26)27)10-17(16)29-20/h3-7,9-10,12H,8,11H2,1-2H3,(H,21,22,25)/t12-/m0/s1. The van der Waals surface area contributed by atoms with Gasteiger partial charge in [0.05, 0.1) is 28.1 Å². The monoisotopic (exact) mass is 445 g/mol. The van der Waals surface area contributed by atoms with Crippen LogP contribution >= 0.6 is 11.3 Å². The van der Waals surface area contributed by atoms with Crippen LogP contribution in [0.15, 0.2) is 47.4 Å². The summed E-state index contributed by atoms with van der Waals surface area (Å²) in [5, 5.41) is 3.13. The second kappa shape index (κ2) is 7.69. The van der Waals surface area contributed by atoms with E-state index in [1.807, 2.05) is 0 Å². The third-order valence-electron chi connectivity index (χ3n) is 4.88. The zero-order chi connectivity index (χ0) is 21.5. The number of hydrogen-bond acceptors (Lipinski definition) is 7. The smallest absolute Gasteiger partial charge is 0.231 e. The minimum atomic E-state index is -3.33. The van der Waals surface area contributed by atoms with Gasteiger partial charge in [0, 0.05) is 31.0 Å². The molecule has 1 atom stereocenters. The fourth-order valence-corrected chi connectivity index (χ4v) is 4.94. The summed E-state index contributed by atoms with van der Waals surface area (Å²) in [5.41, 5.74) is 1.28. The molecule has 0 bridgehead atoms. The van der Waals surface area contributed by atoms with E-state index in [9.17, 15) is 18.0 Å². The molecule has 1 aliphatic rings. The number of ether oxygens (including phenoxy) is 1. The molecule has 3 aromatic rings. The van der Waals surface area contributed by atoms with Crippen LogP contribution in [-0.4, -0.2) is 45.1 Å². The zero-order valence-electron chi connectivity index (χ0n) is 16.3. The van der Waals surface area contributed by atoms with Crippen LogP contribution in [0.1, 0.15) is 6.42 Å². The molecule has 0 radical (unpaired) electrons. The summed E-state index contributed by atoms with van der Waals surface area (Å²) in [6.45, 7) is 0.265. The number of aromatic nitrogens is 1. The first kappa shape index (κ1) is 20.3. The summed E-state index contributed by atoms with van der Waals surface area (Å²) in [6, 6.07) is 11.8. The maximum Gasteiger partial charge on any atom is 0.231 e. The molecule has 1 N–H and O–H groups in total. The highest BCUT2D eigenvalue weighted by Crippen LogP contribution is 2.31. The molecule has 0 spiro atoms. The lowest BCUT2D eigenvalue weighted by molar-refractivity contribution is -0.122. The summed E-state index contributed by atoms with van der Waals surface area (Å²) in [7, 11) is -1.77. The Balaban J connectivity index is 1.49. The molecule has 30 heavy (non-hydrogen) atoms. The number of hydrogen-bond donors (Lipinski definition) is 1. The molecule has 0 unspecified atom stereocenters. The SMILES string of the molecule is COc1cccc(N2C[C@@H](C(=O)Nc3nc4ccc(S(C)(=O)=O)cc4s3)CC2=O)c1. The van der Waals surface area contributed by atoms with Crippen molar-refractivity contribution < 1.29 is 22.7 Å². The maximum atomic E-state index is 12.7. The number of nitrogens with zero attached hydrogens (tertiary/aromatic N) is 2. The van der Waals surface area contributed by atoms with Crippen molar-refractivity contribution in [2.24, 2.45) is 5.92 Å². The highest BCUT2D eigenvalue weighted by molar-refractivity contribution is 7.90. The average Bonchev–Trinajstić information content (AvgIpc) is 3.29. The van der Waals surface area contributed by atoms with Gasteiger partial charge in [0.25, 0.3) is 0 Å². The van der Waals surface area contributed by atoms with Crippen molar-refractivity contribution in [1.29, 1.82) is 0 Å². The lowest BCUT2D eigenvalue weighted by atomic mass is 10.1. The molecular weight excluding hydrogens is 426 g/mol. The molecule has 2 aromatic carbocycles. The number of thiazole rings is 1. The van der Waals surface area contributed by atoms with Crippen molar-refractivity contribution in [2.45, 2.75) is 11.3 Å². The van der Waals surface area contributed by atoms with E-state index in [1.165, 1.54) is 17.4 Å². The molecule has 1 fully saturated rings. The molecule has 4 rings (SSSR count). The van der Waals surface area contributed by atoms with Gasteiger partial charge in [0.1, 0.15) is 5.75 Å². The first-order chi connectivity index (χ1) is 14.2. The van der Waals surface area contributed by atoms with E-state index in [1.54, 1.807) is 48.4 Å². The normalized spacial score (nSPS) is 16.8. The van der Waals surface area contributed by atoms with Gasteiger partial charge < -0.3 is 15.0 Å². The van der Waals surface area contributed by atoms with E-state index in [4.69, 9.17) is 4.74 Å². The molecule has 1 aromatic heterocycles. The molecule has 0 saturated carbocycles. The molecule has 156 valence electrons. The predicted molar refractivity (Wildman–Crippen MR) is 115 cm³/mol. The first-order valence-corrected chi connectivity index (χ1v) is 11.8. The quantitative estimate of drug-likeness (QED) is 0.647. The van der Waals surface area contributed by atoms with E-state index in [-0.39, 0.29) is 29.7 Å². The molecule has 2 amide bonds. The van der Waals surface area contributed by atoms with Crippen LogP contribution in [0.2, 0.25) is 0 Å². The molecule has 1 saturated heterocycles. The predicted octanol–water partition coefficient (Wildman–Crippen LogP) is 2.70. The van der Waals surface area contributed by atoms with Crippen molar-refractivity contribution in [3.63, 3.8) is 0 Å². The van der Waals surface area contributed by atoms with Gasteiger partial charge in [-0.3, -0.25) is 9.59 Å². The van der Waals surface area contributed by atoms with Gasteiger partial charge in [0.2, 0.25) is 11.8 Å². The first-order valence-electron chi connectivity index (χ1n) is 9.10. The number of sulfone groups is 1. The Morgan fingerprint density at radius 1 is 1.27 bits per heavy atom. The van der Waals surface area contributed by atoms with E-state index in [0.717, 1.165) is 6.26 Å². The van der Waals surface area contributed by atoms with Gasteiger partial charge in [0.15, 0.2) is 15.0 Å². The summed E-state index contributed by atoms with van der Waals surface area (Å²) >= 11 is 1.20. The van der Waals surface area contributed by atoms with E-state index in [0.29, 0.717) is 26.8 Å². The lowest BCUT2D eigenvalue weighted by Crippen LogP contribution is -2.28. The number of amides is 2. The molecule has 8 nitrogen and oxygen atoms in total. The Labute approximate surface area is 177 Å². The average molecular weight is 446 g/mol. The Hall–Kier alpha value is -2.98. The van der Waals surface area contributed by atoms with Gasteiger partial charge in [-0.1, -0.05) is 17.4 Å². The van der Waals surface area contributed by atoms with Gasteiger partial charge in [-0.15, -0.1) is 0 Å². The topological polar surface area (TPSA) is 106 Å². The van der Waals surface area contributed by atoms with Crippen LogP contribution in [0.25, 0.3) is 10.2 Å². The Bertz CT molecular complexity index is 1250. The van der Waals surface area contributed by atoms with Crippen LogP contribution in [0.5, 0.6) is 5.75 Å². The van der Waals surface area contributed by atoms with Crippen LogP contribution in [-0.2, 0) is 19.4 Å². The van der Waals surface area contributed by atoms with Crippen LogP contribution in [0, 0.1) is 5.92 Å². The van der Waals surface area contributed by atoms with Crippen molar-refractivity contribution in [1.82, 2.24) is 4.98 Å². The van der Waals surface area contributed by atoms with E-state index in [2.05, 4.69) is 10.3 Å². The third-order valence-corrected chi connectivity index (χ3v) is 6.92. The Morgan fingerprint density at radius 3 is 2.80 bits per heavy atom. The number of carbonyl (C=O) groups is 2. The Morgan fingerprint density at radius 2 is 2.07 bits per heavy atom. The molecule has 1 aliphatic heterocycles. The fraction of sp³-hybridized carbons (Fsp3) is 0.250. The minimum absolute atomic E-state index is 0.103. The second-order valence-electron chi connectivity index (χ2n) is 7.02. The fourth-order valence-electron chi connectivity index (χ4n) is 3.31. The van der Waals surface area contributed by atoms with Gasteiger partial charge in [-0.05, 0) is 30.3 Å². The van der Waals surface area contributed by atoms with Gasteiger partial charge >= 0.3 is 0 Å². The third kappa shape index (κ3) is 4.01. The number of nitrogens with one attached hydrogen (secondary N) is 1. The molecule has 2 heterocycles. The van der Waals surface area contributed by atoms with Crippen LogP contribution in [0.4, 0.5) is 10.8 Å². The second-order valence-corrected chi connectivity index (χ2v) is 10.1. The van der Waals surface area contributed by atoms with Crippen molar-refractivity contribution in [2.75, 3.05) is 30.1 Å². The number of fused-ring (bicyclic) bond motifs is 1. The molecular formula is C20H19N3O5S2. The summed E-state index contributed by atoms with van der Waals surface area (Å²) < 4.78 is 29.3. The van der Waals surface area contributed by atoms with Gasteiger partial charge in [-0.2, -0.15) is 0 Å². The summed E-state index contributed by atoms with van der Waals surface area (Å²) in [6.07, 6.45) is 1.25. The van der Waals surface area contributed by atoms with Crippen LogP contribution < -0.4 is 15.0 Å². The highest BCUT2D eigenvalue weighted by atomic mass is 32.2. The van der Waals surface area contributed by atoms with Gasteiger partial charge in [-0.25, -0.2) is 13.4 Å². The van der Waals surface area contributed by atoms with E-state index >= 15 is 0 Å². The van der Waals surface area contributed by atoms with Crippen LogP contribution in [0.3, 0.4) is 0 Å². The Kier molecular flexibility index (Phi) is 5.20. The number of anilines is 2. The number of rotatable bonds is 5. The number of methoxy groups -OCH3 is 1. The summed E-state index contributed by atoms with van der Waals surface area (Å²) in [4.78, 5) is 31.3. The maximum absolute atomic E-state index is 12.7. The minimum Gasteiger partial charge on any atom is -0.497 e. The number of carbonyl (C=O) groups excluding carboxylic acids is 2. The molecule has 0 aliphatic carbocycles. The molecule has 10 heteroatoms. The number of benzene rings is 2. The van der Waals surface area contributed by atoms with Crippen molar-refractivity contribution >= 4 is 54.0 Å². The summed E-state index contributed by atoms with van der Waals surface area (Å²) in [5.74, 6) is -0.305. The van der Waals surface area contributed by atoms with E-state index < -0.39 is 15.8 Å². The van der Waals surface area contributed by atoms with Crippen molar-refractivity contribution in [3.8, 4) is 5.75 Å². The lowest BCUT2D eigenvalue weighted by Gasteiger charge is -2.17. The largest absolute Gasteiger partial charge is 0.497 e.